The van der Waals surface area contributed by atoms with Gasteiger partial charge in [-0.1, -0.05) is 71.8 Å². The number of likely N-dealkylation sites (N-methyl/N-ethyl adjacent to an activating group) is 1. The minimum atomic E-state index is -4.77. The molecule has 214 valence electrons. The Hall–Kier alpha value is -3.57. The third-order valence-electron chi connectivity index (χ3n) is 6.21. The number of nitrogens with one attached hydrogen (secondary N) is 1. The van der Waals surface area contributed by atoms with Crippen LogP contribution in [0.3, 0.4) is 0 Å². The summed E-state index contributed by atoms with van der Waals surface area (Å²) >= 11 is 6.13. The molecule has 0 saturated carbocycles. The normalized spacial score (nSPS) is 12.5. The molecule has 0 saturated heterocycles. The van der Waals surface area contributed by atoms with E-state index in [4.69, 9.17) is 11.6 Å². The quantitative estimate of drug-likeness (QED) is 0.364. The fourth-order valence-corrected chi connectivity index (χ4v) is 5.21. The topological polar surface area (TPSA) is 86.8 Å². The SMILES string of the molecule is CNC(=O)[C@H](Cc1ccccc1)N(Cc1ccc(C)cc1)C(=O)CN(c1cc(C(F)(F)F)ccc1Cl)S(C)(=O)=O. The molecule has 0 radical (unpaired) electrons. The number of carbonyl (C=O) groups is 2. The highest BCUT2D eigenvalue weighted by atomic mass is 35.5. The molecule has 2 amide bonds. The van der Waals surface area contributed by atoms with Gasteiger partial charge in [0.2, 0.25) is 21.8 Å². The van der Waals surface area contributed by atoms with E-state index >= 15 is 0 Å². The molecule has 0 aliphatic heterocycles. The van der Waals surface area contributed by atoms with E-state index in [1.54, 1.807) is 42.5 Å². The summed E-state index contributed by atoms with van der Waals surface area (Å²) < 4.78 is 66.4. The summed E-state index contributed by atoms with van der Waals surface area (Å²) in [6.45, 7) is 0.949. The summed E-state index contributed by atoms with van der Waals surface area (Å²) in [5.41, 5.74) is 0.762. The number of hydrogen-bond acceptors (Lipinski definition) is 4. The molecule has 0 bridgehead atoms. The molecule has 0 heterocycles. The third kappa shape index (κ3) is 7.98. The molecule has 3 rings (SSSR count). The Balaban J connectivity index is 2.08. The summed E-state index contributed by atoms with van der Waals surface area (Å²) in [7, 11) is -2.87. The second kappa shape index (κ2) is 12.7. The molecule has 40 heavy (non-hydrogen) atoms. The van der Waals surface area contributed by atoms with Crippen molar-refractivity contribution in [3.63, 3.8) is 0 Å². The van der Waals surface area contributed by atoms with Crippen molar-refractivity contribution in [2.75, 3.05) is 24.2 Å². The lowest BCUT2D eigenvalue weighted by molar-refractivity contribution is -0.139. The molecule has 3 aromatic carbocycles. The van der Waals surface area contributed by atoms with E-state index in [0.717, 1.165) is 29.5 Å². The van der Waals surface area contributed by atoms with Gasteiger partial charge in [0.15, 0.2) is 0 Å². The minimum Gasteiger partial charge on any atom is -0.357 e. The van der Waals surface area contributed by atoms with Gasteiger partial charge < -0.3 is 10.2 Å². The van der Waals surface area contributed by atoms with Gasteiger partial charge in [-0.15, -0.1) is 0 Å². The first-order valence-electron chi connectivity index (χ1n) is 12.2. The van der Waals surface area contributed by atoms with Crippen molar-refractivity contribution in [3.05, 3.63) is 100 Å². The second-order valence-corrected chi connectivity index (χ2v) is 11.6. The van der Waals surface area contributed by atoms with Gasteiger partial charge in [0.05, 0.1) is 22.5 Å². The largest absolute Gasteiger partial charge is 0.416 e. The van der Waals surface area contributed by atoms with E-state index in [1.807, 2.05) is 19.1 Å². The van der Waals surface area contributed by atoms with Crippen molar-refractivity contribution >= 4 is 39.1 Å². The number of hydrogen-bond donors (Lipinski definition) is 1. The molecule has 0 aliphatic carbocycles. The standard InChI is InChI=1S/C28H29ClF3N3O4S/c1-19-9-11-21(12-10-19)17-34(25(27(37)33-2)15-20-7-5-4-6-8-20)26(36)18-35(40(3,38)39)24-16-22(28(30,31)32)13-14-23(24)29/h4-14,16,25H,15,17-18H2,1-3H3,(H,33,37)/t25-/m0/s1. The van der Waals surface area contributed by atoms with Crippen LogP contribution in [0.15, 0.2) is 72.8 Å². The van der Waals surface area contributed by atoms with Gasteiger partial charge in [-0.25, -0.2) is 8.42 Å². The smallest absolute Gasteiger partial charge is 0.357 e. The first-order valence-corrected chi connectivity index (χ1v) is 14.4. The molecule has 12 heteroatoms. The zero-order chi connectivity index (χ0) is 29.7. The Morgan fingerprint density at radius 1 is 0.975 bits per heavy atom. The van der Waals surface area contributed by atoms with Gasteiger partial charge in [-0.05, 0) is 36.2 Å². The van der Waals surface area contributed by atoms with Crippen LogP contribution in [0.4, 0.5) is 18.9 Å². The van der Waals surface area contributed by atoms with Gasteiger partial charge in [-0.3, -0.25) is 13.9 Å². The van der Waals surface area contributed by atoms with E-state index < -0.39 is 51.9 Å². The van der Waals surface area contributed by atoms with Crippen LogP contribution in [0.2, 0.25) is 5.02 Å². The van der Waals surface area contributed by atoms with Crippen molar-refractivity contribution < 1.29 is 31.2 Å². The monoisotopic (exact) mass is 595 g/mol. The minimum absolute atomic E-state index is 0.0576. The second-order valence-electron chi connectivity index (χ2n) is 9.26. The average molecular weight is 596 g/mol. The lowest BCUT2D eigenvalue weighted by Crippen LogP contribution is -2.52. The molecule has 0 unspecified atom stereocenters. The van der Waals surface area contributed by atoms with Gasteiger partial charge in [0.25, 0.3) is 0 Å². The molecule has 0 aromatic heterocycles. The summed E-state index contributed by atoms with van der Waals surface area (Å²) in [5, 5.41) is 2.26. The van der Waals surface area contributed by atoms with Crippen LogP contribution in [0.5, 0.6) is 0 Å². The number of anilines is 1. The van der Waals surface area contributed by atoms with Crippen LogP contribution in [0.25, 0.3) is 0 Å². The number of halogens is 4. The Kier molecular flexibility index (Phi) is 9.86. The average Bonchev–Trinajstić information content (AvgIpc) is 2.89. The highest BCUT2D eigenvalue weighted by molar-refractivity contribution is 7.92. The van der Waals surface area contributed by atoms with E-state index in [0.29, 0.717) is 15.9 Å². The third-order valence-corrected chi connectivity index (χ3v) is 7.66. The Labute approximate surface area is 236 Å². The van der Waals surface area contributed by atoms with Gasteiger partial charge in [0, 0.05) is 20.0 Å². The van der Waals surface area contributed by atoms with Crippen LogP contribution < -0.4 is 9.62 Å². The summed E-state index contributed by atoms with van der Waals surface area (Å²) in [4.78, 5) is 28.2. The number of rotatable bonds is 10. The number of carbonyl (C=O) groups excluding carboxylic acids is 2. The van der Waals surface area contributed by atoms with E-state index in [1.165, 1.54) is 11.9 Å². The van der Waals surface area contributed by atoms with E-state index in [-0.39, 0.29) is 18.0 Å². The van der Waals surface area contributed by atoms with Crippen molar-refractivity contribution in [2.24, 2.45) is 0 Å². The molecular formula is C28H29ClF3N3O4S. The van der Waals surface area contributed by atoms with Gasteiger partial charge in [0.1, 0.15) is 12.6 Å². The Morgan fingerprint density at radius 2 is 1.60 bits per heavy atom. The van der Waals surface area contributed by atoms with E-state index in [2.05, 4.69) is 5.32 Å². The predicted octanol–water partition coefficient (Wildman–Crippen LogP) is 4.82. The number of alkyl halides is 3. The first kappa shape index (κ1) is 31.0. The van der Waals surface area contributed by atoms with Gasteiger partial charge in [-0.2, -0.15) is 13.2 Å². The van der Waals surface area contributed by atoms with Crippen LogP contribution in [-0.2, 0) is 38.8 Å². The number of benzene rings is 3. The molecule has 0 aliphatic rings. The number of amides is 2. The number of nitrogens with zero attached hydrogens (tertiary/aromatic N) is 2. The maximum atomic E-state index is 13.9. The Bertz CT molecular complexity index is 1450. The lowest BCUT2D eigenvalue weighted by Gasteiger charge is -2.33. The number of aryl methyl sites for hydroxylation is 1. The molecule has 1 atom stereocenters. The molecular weight excluding hydrogens is 567 g/mol. The highest BCUT2D eigenvalue weighted by Crippen LogP contribution is 2.36. The molecule has 7 nitrogen and oxygen atoms in total. The maximum absolute atomic E-state index is 13.9. The zero-order valence-electron chi connectivity index (χ0n) is 22.1. The van der Waals surface area contributed by atoms with Crippen LogP contribution in [0, 0.1) is 6.92 Å². The maximum Gasteiger partial charge on any atom is 0.416 e. The van der Waals surface area contributed by atoms with Crippen molar-refractivity contribution in [3.8, 4) is 0 Å². The Morgan fingerprint density at radius 3 is 2.15 bits per heavy atom. The summed E-state index contributed by atoms with van der Waals surface area (Å²) in [6, 6.07) is 17.3. The fourth-order valence-electron chi connectivity index (χ4n) is 4.09. The summed E-state index contributed by atoms with van der Waals surface area (Å²) in [6.07, 6.45) is -3.90. The molecule has 1 N–H and O–H groups in total. The van der Waals surface area contributed by atoms with Crippen LogP contribution in [-0.4, -0.2) is 51.0 Å². The van der Waals surface area contributed by atoms with Crippen LogP contribution >= 0.6 is 11.6 Å². The van der Waals surface area contributed by atoms with Crippen LogP contribution in [0.1, 0.15) is 22.3 Å². The predicted molar refractivity (Wildman–Crippen MR) is 148 cm³/mol. The zero-order valence-corrected chi connectivity index (χ0v) is 23.6. The van der Waals surface area contributed by atoms with E-state index in [9.17, 15) is 31.2 Å². The fraction of sp³-hybridized carbons (Fsp3) is 0.286. The highest BCUT2D eigenvalue weighted by Gasteiger charge is 2.35. The molecule has 0 spiro atoms. The van der Waals surface area contributed by atoms with Crippen molar-refractivity contribution in [2.45, 2.75) is 32.1 Å². The number of sulfonamides is 1. The van der Waals surface area contributed by atoms with Crippen molar-refractivity contribution in [1.82, 2.24) is 10.2 Å². The molecule has 0 fully saturated rings. The lowest BCUT2D eigenvalue weighted by atomic mass is 10.0. The molecule has 3 aromatic rings. The summed E-state index contributed by atoms with van der Waals surface area (Å²) in [5.74, 6) is -1.30. The first-order chi connectivity index (χ1) is 18.7. The van der Waals surface area contributed by atoms with Crippen molar-refractivity contribution in [1.29, 1.82) is 0 Å². The van der Waals surface area contributed by atoms with Gasteiger partial charge >= 0.3 is 6.18 Å².